The Hall–Kier alpha value is -1.98. The maximum absolute atomic E-state index is 6.26. The van der Waals surface area contributed by atoms with Crippen LogP contribution in [0.1, 0.15) is 6.42 Å². The molecule has 0 spiro atoms. The molecule has 0 fully saturated rings. The Balaban J connectivity index is 2.59. The van der Waals surface area contributed by atoms with Crippen LogP contribution in [0.2, 0.25) is 23.2 Å². The molecule has 1 aliphatic carbocycles. The topological polar surface area (TPSA) is 0 Å². The van der Waals surface area contributed by atoms with E-state index < -0.39 is 12.8 Å². The van der Waals surface area contributed by atoms with E-state index in [1.807, 2.05) is 0 Å². The summed E-state index contributed by atoms with van der Waals surface area (Å²) in [7, 11) is 0. The van der Waals surface area contributed by atoms with Gasteiger partial charge in [-0.05, 0) is 0 Å². The Morgan fingerprint density at radius 1 is 0.517 bits per heavy atom. The van der Waals surface area contributed by atoms with Gasteiger partial charge in [0.1, 0.15) is 0 Å². The van der Waals surface area contributed by atoms with Crippen LogP contribution in [0.25, 0.3) is 0 Å². The average molecular weight is 463 g/mol. The first-order chi connectivity index (χ1) is 13.2. The molecule has 0 aliphatic heterocycles. The third-order valence-corrected chi connectivity index (χ3v) is 52.1. The molecule has 0 heterocycles. The molecule has 0 radical (unpaired) electrons. The van der Waals surface area contributed by atoms with Crippen molar-refractivity contribution in [1.29, 1.82) is 0 Å². The Labute approximate surface area is 164 Å². The van der Waals surface area contributed by atoms with Crippen LogP contribution in [-0.2, 0) is 12.8 Å². The summed E-state index contributed by atoms with van der Waals surface area (Å²) in [6.45, 7) is 0. The molecule has 0 atom stereocenters. The number of hydrogen-bond acceptors (Lipinski definition) is 0. The molecular weight excluding hydrogens is 428 g/mol. The molecule has 0 bridgehead atoms. The SMILES string of the molecule is [CH3][Zr]([CH3])([CH3])([CH3])([CH3])([C]1=CC=CC1)([c]1ccccc1)([c]1ccccc1)[c]1ccccc1. The Bertz CT molecular complexity index is 1140. The van der Waals surface area contributed by atoms with E-state index in [2.05, 4.69) is 132 Å². The Kier molecular flexibility index (Phi) is 2.70. The van der Waals surface area contributed by atoms with Crippen LogP contribution in [0.3, 0.4) is 0 Å². The molecule has 0 nitrogen and oxygen atoms in total. The third kappa shape index (κ3) is 1.74. The van der Waals surface area contributed by atoms with Crippen molar-refractivity contribution in [2.75, 3.05) is 0 Å². The predicted molar refractivity (Wildman–Crippen MR) is 129 cm³/mol. The van der Waals surface area contributed by atoms with Crippen molar-refractivity contribution in [3.63, 3.8) is 0 Å². The van der Waals surface area contributed by atoms with Gasteiger partial charge in [0.15, 0.2) is 0 Å². The zero-order chi connectivity index (χ0) is 21.1. The molecule has 1 heteroatoms. The van der Waals surface area contributed by atoms with Crippen LogP contribution in [-0.4, -0.2) is 0 Å². The van der Waals surface area contributed by atoms with E-state index in [0.717, 1.165) is 6.42 Å². The Morgan fingerprint density at radius 3 is 1.14 bits per heavy atom. The summed E-state index contributed by atoms with van der Waals surface area (Å²) in [6.07, 6.45) is 7.91. The summed E-state index contributed by atoms with van der Waals surface area (Å²) in [5, 5.41) is 0. The number of hydrogen-bond donors (Lipinski definition) is 0. The van der Waals surface area contributed by atoms with Gasteiger partial charge < -0.3 is 0 Å². The van der Waals surface area contributed by atoms with Crippen LogP contribution < -0.4 is 9.81 Å². The Morgan fingerprint density at radius 2 is 0.862 bits per heavy atom. The zero-order valence-electron chi connectivity index (χ0n) is 18.6. The summed E-state index contributed by atoms with van der Waals surface area (Å²) in [6, 6.07) is 33.8. The molecule has 151 valence electrons. The minimum absolute atomic E-state index is 0.947. The first kappa shape index (κ1) is 20.3. The molecule has 0 N–H and O–H groups in total. The van der Waals surface area contributed by atoms with Crippen molar-refractivity contribution in [3.8, 4) is 0 Å². The first-order valence-corrected chi connectivity index (χ1v) is 28.2. The molecule has 4 rings (SSSR count). The van der Waals surface area contributed by atoms with E-state index in [0.29, 0.717) is 0 Å². The average Bonchev–Trinajstić information content (AvgIpc) is 3.28. The molecule has 0 saturated carbocycles. The van der Waals surface area contributed by atoms with Gasteiger partial charge in [0.25, 0.3) is 0 Å². The molecule has 0 aromatic heterocycles. The van der Waals surface area contributed by atoms with Gasteiger partial charge >= 0.3 is 165 Å². The van der Waals surface area contributed by atoms with Gasteiger partial charge in [-0.25, -0.2) is 0 Å². The van der Waals surface area contributed by atoms with Crippen molar-refractivity contribution < 1.29 is 12.8 Å². The van der Waals surface area contributed by atoms with Crippen LogP contribution in [0.5, 0.6) is 0 Å². The second-order valence-electron chi connectivity index (χ2n) is 16.2. The molecule has 0 unspecified atom stereocenters. The molecule has 0 amide bonds. The fourth-order valence-electron chi connectivity index (χ4n) is 7.27. The normalized spacial score (nSPS) is 21.4. The molecule has 3 aromatic carbocycles. The quantitative estimate of drug-likeness (QED) is 0.396. The summed E-state index contributed by atoms with van der Waals surface area (Å²) in [4.78, 5) is 0. The zero-order valence-corrected chi connectivity index (χ0v) is 21.1. The van der Waals surface area contributed by atoms with Crippen LogP contribution in [0.4, 0.5) is 0 Å². The van der Waals surface area contributed by atoms with Crippen LogP contribution in [0.15, 0.2) is 113 Å². The summed E-state index contributed by atoms with van der Waals surface area (Å²) < 4.78 is 18.9. The molecule has 29 heavy (non-hydrogen) atoms. The summed E-state index contributed by atoms with van der Waals surface area (Å²) in [5.41, 5.74) is 0. The van der Waals surface area contributed by atoms with Gasteiger partial charge in [-0.2, -0.15) is 0 Å². The first-order valence-electron chi connectivity index (χ1n) is 10.9. The van der Waals surface area contributed by atoms with Crippen molar-refractivity contribution >= 4 is 9.81 Å². The maximum atomic E-state index is 2.63. The van der Waals surface area contributed by atoms with E-state index in [1.165, 1.54) is 13.1 Å². The van der Waals surface area contributed by atoms with Crippen LogP contribution >= 0.6 is 0 Å². The van der Waals surface area contributed by atoms with Gasteiger partial charge in [0.2, 0.25) is 0 Å². The van der Waals surface area contributed by atoms with E-state index in [-0.39, 0.29) is 0 Å². The van der Waals surface area contributed by atoms with E-state index in [9.17, 15) is 0 Å². The van der Waals surface area contributed by atoms with Crippen molar-refractivity contribution in [2.24, 2.45) is 0 Å². The molecular formula is C28H35Zr. The second-order valence-corrected chi connectivity index (χ2v) is 74.9. The number of rotatable bonds is 4. The van der Waals surface area contributed by atoms with Gasteiger partial charge in [-0.15, -0.1) is 0 Å². The second kappa shape index (κ2) is 3.85. The van der Waals surface area contributed by atoms with Crippen molar-refractivity contribution in [1.82, 2.24) is 0 Å². The van der Waals surface area contributed by atoms with Gasteiger partial charge in [-0.3, -0.25) is 0 Å². The van der Waals surface area contributed by atoms with Crippen LogP contribution in [0, 0.1) is 0 Å². The van der Waals surface area contributed by atoms with Gasteiger partial charge in [0, 0.05) is 0 Å². The monoisotopic (exact) mass is 461 g/mol. The molecule has 3 aromatic rings. The van der Waals surface area contributed by atoms with Crippen molar-refractivity contribution in [2.45, 2.75) is 29.6 Å². The fraction of sp³-hybridized carbons (Fsp3) is 0.214. The summed E-state index contributed by atoms with van der Waals surface area (Å²) >= 11 is -6.26. The van der Waals surface area contributed by atoms with Gasteiger partial charge in [0.05, 0.1) is 0 Å². The van der Waals surface area contributed by atoms with E-state index in [1.54, 1.807) is 0 Å². The number of allylic oxidation sites excluding steroid dienone is 4. The minimum atomic E-state index is -6.26. The number of benzene rings is 3. The summed E-state index contributed by atoms with van der Waals surface area (Å²) in [5.74, 6) is 0. The predicted octanol–water partition coefficient (Wildman–Crippen LogP) is 6.88. The standard InChI is InChI=1S/3C6H5.C5H5.5CH3.Zr/c3*1-2-4-6-5-3-1;1-2-4-5-3-1;;;;;;/h3*1-5H;1-3H,4H2;5*1H3;. The molecule has 0 saturated heterocycles. The van der Waals surface area contributed by atoms with E-state index in [4.69, 9.17) is 0 Å². The van der Waals surface area contributed by atoms with Crippen molar-refractivity contribution in [3.05, 3.63) is 113 Å². The fourth-order valence-corrected chi connectivity index (χ4v) is 36.3. The van der Waals surface area contributed by atoms with E-state index >= 15 is 0 Å². The molecule has 1 aliphatic rings. The third-order valence-electron chi connectivity index (χ3n) is 10.8. The van der Waals surface area contributed by atoms with Gasteiger partial charge in [-0.1, -0.05) is 0 Å².